The van der Waals surface area contributed by atoms with E-state index in [1.54, 1.807) is 6.92 Å². The van der Waals surface area contributed by atoms with Crippen LogP contribution in [0.25, 0.3) is 0 Å². The zero-order chi connectivity index (χ0) is 15.7. The van der Waals surface area contributed by atoms with Crippen molar-refractivity contribution in [1.29, 1.82) is 0 Å². The molecular weight excluding hydrogens is 260 g/mol. The molecule has 118 valence electrons. The van der Waals surface area contributed by atoms with Crippen LogP contribution in [0.2, 0.25) is 0 Å². The van der Waals surface area contributed by atoms with Gasteiger partial charge in [-0.3, -0.25) is 4.79 Å². The second kappa shape index (κ2) is 9.43. The molecule has 21 heavy (non-hydrogen) atoms. The van der Waals surface area contributed by atoms with Gasteiger partial charge in [0.25, 0.3) is 0 Å². The van der Waals surface area contributed by atoms with E-state index in [1.807, 2.05) is 12.1 Å². The van der Waals surface area contributed by atoms with Crippen molar-refractivity contribution in [3.63, 3.8) is 0 Å². The van der Waals surface area contributed by atoms with Gasteiger partial charge in [-0.1, -0.05) is 39.2 Å². The van der Waals surface area contributed by atoms with Gasteiger partial charge in [-0.15, -0.1) is 0 Å². The highest BCUT2D eigenvalue weighted by Gasteiger charge is 2.12. The van der Waals surface area contributed by atoms with Crippen molar-refractivity contribution >= 4 is 17.3 Å². The van der Waals surface area contributed by atoms with Crippen LogP contribution >= 0.6 is 0 Å². The monoisotopic (exact) mass is 290 g/mol. The fourth-order valence-corrected chi connectivity index (χ4v) is 2.63. The van der Waals surface area contributed by atoms with Crippen LogP contribution in [0.5, 0.6) is 0 Å². The van der Waals surface area contributed by atoms with Crippen molar-refractivity contribution in [3.8, 4) is 0 Å². The molecule has 0 saturated carbocycles. The lowest BCUT2D eigenvalue weighted by atomic mass is 9.98. The second-order valence-corrected chi connectivity index (χ2v) is 5.69. The maximum Gasteiger partial charge on any atom is 0.221 e. The van der Waals surface area contributed by atoms with Crippen LogP contribution in [-0.4, -0.2) is 19.0 Å². The standard InChI is InChI=1S/C18H30N2O/c1-5-8-10-16(6-2)14-20(7-3)18-12-9-11-17(13-18)19-15(4)21/h9,11-13,16H,5-8,10,14H2,1-4H3,(H,19,21). The average molecular weight is 290 g/mol. The molecular formula is C18H30N2O. The summed E-state index contributed by atoms with van der Waals surface area (Å²) in [6.07, 6.45) is 5.10. The van der Waals surface area contributed by atoms with E-state index in [4.69, 9.17) is 0 Å². The smallest absolute Gasteiger partial charge is 0.221 e. The predicted octanol–water partition coefficient (Wildman–Crippen LogP) is 4.69. The number of anilines is 2. The van der Waals surface area contributed by atoms with Crippen LogP contribution in [0.3, 0.4) is 0 Å². The number of benzene rings is 1. The maximum absolute atomic E-state index is 11.2. The van der Waals surface area contributed by atoms with Gasteiger partial charge in [0.15, 0.2) is 0 Å². The van der Waals surface area contributed by atoms with Gasteiger partial charge in [-0.2, -0.15) is 0 Å². The topological polar surface area (TPSA) is 32.3 Å². The number of nitrogens with one attached hydrogen (secondary N) is 1. The minimum Gasteiger partial charge on any atom is -0.371 e. The summed E-state index contributed by atoms with van der Waals surface area (Å²) in [6.45, 7) is 10.4. The lowest BCUT2D eigenvalue weighted by Gasteiger charge is -2.28. The molecule has 0 aliphatic carbocycles. The molecule has 0 spiro atoms. The lowest BCUT2D eigenvalue weighted by Crippen LogP contribution is -2.29. The Morgan fingerprint density at radius 1 is 1.29 bits per heavy atom. The Morgan fingerprint density at radius 3 is 2.62 bits per heavy atom. The van der Waals surface area contributed by atoms with Gasteiger partial charge in [-0.25, -0.2) is 0 Å². The van der Waals surface area contributed by atoms with Gasteiger partial charge in [0.1, 0.15) is 0 Å². The second-order valence-electron chi connectivity index (χ2n) is 5.69. The van der Waals surface area contributed by atoms with E-state index in [0.29, 0.717) is 0 Å². The summed E-state index contributed by atoms with van der Waals surface area (Å²) < 4.78 is 0. The van der Waals surface area contributed by atoms with Crippen LogP contribution in [0.15, 0.2) is 24.3 Å². The molecule has 0 radical (unpaired) electrons. The first kappa shape index (κ1) is 17.5. The molecule has 0 saturated heterocycles. The summed E-state index contributed by atoms with van der Waals surface area (Å²) in [7, 11) is 0. The first-order valence-electron chi connectivity index (χ1n) is 8.23. The number of unbranched alkanes of at least 4 members (excludes halogenated alkanes) is 1. The zero-order valence-electron chi connectivity index (χ0n) is 14.0. The maximum atomic E-state index is 11.2. The van der Waals surface area contributed by atoms with E-state index < -0.39 is 0 Å². The molecule has 1 atom stereocenters. The third-order valence-electron chi connectivity index (χ3n) is 3.94. The van der Waals surface area contributed by atoms with E-state index >= 15 is 0 Å². The molecule has 3 nitrogen and oxygen atoms in total. The predicted molar refractivity (Wildman–Crippen MR) is 91.9 cm³/mol. The van der Waals surface area contributed by atoms with Crippen molar-refractivity contribution in [2.45, 2.75) is 53.4 Å². The van der Waals surface area contributed by atoms with Crippen molar-refractivity contribution in [2.24, 2.45) is 5.92 Å². The fourth-order valence-electron chi connectivity index (χ4n) is 2.63. The highest BCUT2D eigenvalue weighted by Crippen LogP contribution is 2.23. The Hall–Kier alpha value is -1.51. The van der Waals surface area contributed by atoms with E-state index in [9.17, 15) is 4.79 Å². The van der Waals surface area contributed by atoms with Crippen LogP contribution in [-0.2, 0) is 4.79 Å². The largest absolute Gasteiger partial charge is 0.371 e. The first-order chi connectivity index (χ1) is 10.1. The number of nitrogens with zero attached hydrogens (tertiary/aromatic N) is 1. The van der Waals surface area contributed by atoms with Crippen molar-refractivity contribution in [1.82, 2.24) is 0 Å². The van der Waals surface area contributed by atoms with Gasteiger partial charge in [0.2, 0.25) is 5.91 Å². The highest BCUT2D eigenvalue weighted by molar-refractivity contribution is 5.89. The Balaban J connectivity index is 2.76. The Labute approximate surface area is 129 Å². The number of hydrogen-bond acceptors (Lipinski definition) is 2. The number of carbonyl (C=O) groups excluding carboxylic acids is 1. The van der Waals surface area contributed by atoms with Crippen LogP contribution < -0.4 is 10.2 Å². The summed E-state index contributed by atoms with van der Waals surface area (Å²) in [5.41, 5.74) is 2.07. The van der Waals surface area contributed by atoms with E-state index in [0.717, 1.165) is 24.7 Å². The molecule has 1 amide bonds. The normalized spacial score (nSPS) is 12.0. The molecule has 1 aromatic carbocycles. The van der Waals surface area contributed by atoms with Crippen molar-refractivity contribution < 1.29 is 4.79 Å². The van der Waals surface area contributed by atoms with Crippen LogP contribution in [0.1, 0.15) is 53.4 Å². The quantitative estimate of drug-likeness (QED) is 0.715. The van der Waals surface area contributed by atoms with E-state index in [-0.39, 0.29) is 5.91 Å². The zero-order valence-corrected chi connectivity index (χ0v) is 14.0. The third-order valence-corrected chi connectivity index (χ3v) is 3.94. The van der Waals surface area contributed by atoms with E-state index in [2.05, 4.69) is 43.1 Å². The van der Waals surface area contributed by atoms with Crippen LogP contribution in [0.4, 0.5) is 11.4 Å². The van der Waals surface area contributed by atoms with Gasteiger partial charge in [-0.05, 0) is 37.5 Å². The number of hydrogen-bond donors (Lipinski definition) is 1. The molecule has 0 aliphatic rings. The highest BCUT2D eigenvalue weighted by atomic mass is 16.1. The summed E-state index contributed by atoms with van der Waals surface area (Å²) in [4.78, 5) is 13.6. The third kappa shape index (κ3) is 6.19. The SMILES string of the molecule is CCCCC(CC)CN(CC)c1cccc(NC(C)=O)c1. The minimum atomic E-state index is -0.0235. The van der Waals surface area contributed by atoms with Gasteiger partial charge in [0, 0.05) is 31.4 Å². The molecule has 1 aromatic rings. The minimum absolute atomic E-state index is 0.0235. The fraction of sp³-hybridized carbons (Fsp3) is 0.611. The van der Waals surface area contributed by atoms with Gasteiger partial charge in [0.05, 0.1) is 0 Å². The van der Waals surface area contributed by atoms with Crippen molar-refractivity contribution in [3.05, 3.63) is 24.3 Å². The number of rotatable bonds is 9. The average Bonchev–Trinajstić information content (AvgIpc) is 2.47. The molecule has 1 rings (SSSR count). The molecule has 0 heterocycles. The van der Waals surface area contributed by atoms with Gasteiger partial charge >= 0.3 is 0 Å². The van der Waals surface area contributed by atoms with Crippen LogP contribution in [0, 0.1) is 5.92 Å². The van der Waals surface area contributed by atoms with E-state index in [1.165, 1.54) is 31.4 Å². The summed E-state index contributed by atoms with van der Waals surface area (Å²) >= 11 is 0. The molecule has 1 N–H and O–H groups in total. The summed E-state index contributed by atoms with van der Waals surface area (Å²) in [6, 6.07) is 8.14. The summed E-state index contributed by atoms with van der Waals surface area (Å²) in [5.74, 6) is 0.721. The molecule has 0 bridgehead atoms. The molecule has 0 fully saturated rings. The van der Waals surface area contributed by atoms with Crippen molar-refractivity contribution in [2.75, 3.05) is 23.3 Å². The first-order valence-corrected chi connectivity index (χ1v) is 8.23. The molecule has 0 aromatic heterocycles. The Morgan fingerprint density at radius 2 is 2.05 bits per heavy atom. The molecule has 3 heteroatoms. The number of amides is 1. The number of carbonyl (C=O) groups is 1. The Bertz CT molecular complexity index is 431. The summed E-state index contributed by atoms with van der Waals surface area (Å²) in [5, 5.41) is 2.86. The molecule has 0 aliphatic heterocycles. The van der Waals surface area contributed by atoms with Gasteiger partial charge < -0.3 is 10.2 Å². The molecule has 1 unspecified atom stereocenters. The lowest BCUT2D eigenvalue weighted by molar-refractivity contribution is -0.114. The Kier molecular flexibility index (Phi) is 7.88.